The first-order valence-electron chi connectivity index (χ1n) is 8.21. The average molecular weight is 334 g/mol. The van der Waals surface area contributed by atoms with Crippen molar-refractivity contribution in [1.29, 1.82) is 0 Å². The minimum absolute atomic E-state index is 0.0814. The number of halogens is 1. The largest absolute Gasteiger partial charge is 0.495 e. The van der Waals surface area contributed by atoms with Crippen molar-refractivity contribution in [2.45, 2.75) is 39.5 Å². The summed E-state index contributed by atoms with van der Waals surface area (Å²) in [6, 6.07) is 5.92. The van der Waals surface area contributed by atoms with Crippen LogP contribution < -0.4 is 9.64 Å². The lowest BCUT2D eigenvalue weighted by molar-refractivity contribution is -0.117. The zero-order valence-electron chi connectivity index (χ0n) is 14.1. The number of carbonyl (C=O) groups excluding carboxylic acids is 1. The Labute approximate surface area is 143 Å². The molecule has 0 fully saturated rings. The summed E-state index contributed by atoms with van der Waals surface area (Å²) in [7, 11) is 1.64. The molecule has 1 aliphatic heterocycles. The molecule has 1 aromatic carbocycles. The molecule has 3 rings (SSSR count). The first-order valence-corrected chi connectivity index (χ1v) is 8.59. The van der Waals surface area contributed by atoms with Gasteiger partial charge in [-0.3, -0.25) is 4.79 Å². The van der Waals surface area contributed by atoms with Crippen LogP contribution in [0.1, 0.15) is 38.7 Å². The van der Waals surface area contributed by atoms with E-state index in [4.69, 9.17) is 16.3 Å². The molecule has 3 nitrogen and oxygen atoms in total. The number of ether oxygens (including phenoxy) is 1. The number of methoxy groups -OCH3 is 1. The molecule has 0 saturated carbocycles. The summed E-state index contributed by atoms with van der Waals surface area (Å²) in [6.07, 6.45) is 7.07. The summed E-state index contributed by atoms with van der Waals surface area (Å²) in [5.41, 5.74) is 3.03. The number of benzene rings is 1. The van der Waals surface area contributed by atoms with E-state index in [-0.39, 0.29) is 5.91 Å². The SMILES string of the molecule is CC.COc1cccc2c1N(C(=O)CC1=C(Cl)CCC=C1)CC2. The number of hydrogen-bond acceptors (Lipinski definition) is 2. The molecule has 0 unspecified atom stereocenters. The number of anilines is 1. The molecule has 2 aliphatic rings. The van der Waals surface area contributed by atoms with Crippen LogP contribution in [0.3, 0.4) is 0 Å². The zero-order chi connectivity index (χ0) is 16.8. The number of allylic oxidation sites excluding steroid dienone is 3. The lowest BCUT2D eigenvalue weighted by atomic mass is 10.0. The second kappa shape index (κ2) is 8.21. The lowest BCUT2D eigenvalue weighted by Gasteiger charge is -2.21. The van der Waals surface area contributed by atoms with Gasteiger partial charge in [0, 0.05) is 11.6 Å². The fraction of sp³-hybridized carbons (Fsp3) is 0.421. The minimum Gasteiger partial charge on any atom is -0.495 e. The van der Waals surface area contributed by atoms with E-state index in [9.17, 15) is 4.79 Å². The Morgan fingerprint density at radius 1 is 1.30 bits per heavy atom. The quantitative estimate of drug-likeness (QED) is 0.791. The number of amides is 1. The molecule has 1 aliphatic carbocycles. The third-order valence-corrected chi connectivity index (χ3v) is 4.45. The highest BCUT2D eigenvalue weighted by Crippen LogP contribution is 2.38. The fourth-order valence-electron chi connectivity index (χ4n) is 2.93. The van der Waals surface area contributed by atoms with Crippen LogP contribution in [0.4, 0.5) is 5.69 Å². The topological polar surface area (TPSA) is 29.5 Å². The minimum atomic E-state index is 0.0814. The van der Waals surface area contributed by atoms with Gasteiger partial charge >= 0.3 is 0 Å². The van der Waals surface area contributed by atoms with E-state index < -0.39 is 0 Å². The predicted octanol–water partition coefficient (Wildman–Crippen LogP) is 4.84. The Morgan fingerprint density at radius 2 is 2.09 bits per heavy atom. The number of para-hydroxylation sites is 1. The molecule has 0 radical (unpaired) electrons. The van der Waals surface area contributed by atoms with Crippen molar-refractivity contribution in [2.75, 3.05) is 18.6 Å². The van der Waals surface area contributed by atoms with Gasteiger partial charge in [0.15, 0.2) is 0 Å². The van der Waals surface area contributed by atoms with Crippen LogP contribution in [-0.2, 0) is 11.2 Å². The molecule has 0 spiro atoms. The van der Waals surface area contributed by atoms with Crippen LogP contribution >= 0.6 is 11.6 Å². The molecular weight excluding hydrogens is 310 g/mol. The third-order valence-electron chi connectivity index (χ3n) is 4.02. The van der Waals surface area contributed by atoms with E-state index in [1.54, 1.807) is 7.11 Å². The summed E-state index contributed by atoms with van der Waals surface area (Å²) in [5.74, 6) is 0.843. The molecule has 4 heteroatoms. The summed E-state index contributed by atoms with van der Waals surface area (Å²) in [4.78, 5) is 14.5. The van der Waals surface area contributed by atoms with Crippen molar-refractivity contribution in [2.24, 2.45) is 0 Å². The highest BCUT2D eigenvalue weighted by molar-refractivity contribution is 6.30. The van der Waals surface area contributed by atoms with Gasteiger partial charge in [0.2, 0.25) is 5.91 Å². The van der Waals surface area contributed by atoms with Crippen molar-refractivity contribution in [3.63, 3.8) is 0 Å². The number of rotatable bonds is 3. The zero-order valence-corrected chi connectivity index (χ0v) is 14.8. The molecule has 0 bridgehead atoms. The Bertz CT molecular complexity index is 634. The van der Waals surface area contributed by atoms with Gasteiger partial charge in [0.05, 0.1) is 19.2 Å². The Hall–Kier alpha value is -1.74. The fourth-order valence-corrected chi connectivity index (χ4v) is 3.17. The van der Waals surface area contributed by atoms with Crippen LogP contribution in [0.25, 0.3) is 0 Å². The van der Waals surface area contributed by atoms with Crippen molar-refractivity contribution >= 4 is 23.2 Å². The van der Waals surface area contributed by atoms with Crippen LogP contribution in [0, 0.1) is 0 Å². The van der Waals surface area contributed by atoms with E-state index in [1.165, 1.54) is 5.56 Å². The second-order valence-electron chi connectivity index (χ2n) is 5.31. The summed E-state index contributed by atoms with van der Waals surface area (Å²) in [6.45, 7) is 4.71. The molecule has 1 amide bonds. The van der Waals surface area contributed by atoms with Gasteiger partial charge in [0.1, 0.15) is 5.75 Å². The van der Waals surface area contributed by atoms with Crippen molar-refractivity contribution in [3.8, 4) is 5.75 Å². The van der Waals surface area contributed by atoms with Crippen molar-refractivity contribution < 1.29 is 9.53 Å². The summed E-state index contributed by atoms with van der Waals surface area (Å²) in [5, 5.41) is 0.810. The Balaban J connectivity index is 0.000000924. The molecule has 1 heterocycles. The normalized spacial score (nSPS) is 15.9. The highest BCUT2D eigenvalue weighted by Gasteiger charge is 2.28. The van der Waals surface area contributed by atoms with Gasteiger partial charge in [0.25, 0.3) is 0 Å². The van der Waals surface area contributed by atoms with Crippen LogP contribution in [0.15, 0.2) is 41.0 Å². The average Bonchev–Trinajstić information content (AvgIpc) is 3.03. The second-order valence-corrected chi connectivity index (χ2v) is 5.77. The van der Waals surface area contributed by atoms with Crippen LogP contribution in [-0.4, -0.2) is 19.6 Å². The Morgan fingerprint density at radius 3 is 2.78 bits per heavy atom. The van der Waals surface area contributed by atoms with E-state index in [1.807, 2.05) is 37.0 Å². The summed E-state index contributed by atoms with van der Waals surface area (Å²) >= 11 is 6.23. The molecule has 1 aromatic rings. The molecule has 0 N–H and O–H groups in total. The number of hydrogen-bond donors (Lipinski definition) is 0. The van der Waals surface area contributed by atoms with Gasteiger partial charge in [-0.05, 0) is 36.5 Å². The van der Waals surface area contributed by atoms with E-state index in [2.05, 4.69) is 12.1 Å². The number of carbonyl (C=O) groups is 1. The van der Waals surface area contributed by atoms with E-state index >= 15 is 0 Å². The van der Waals surface area contributed by atoms with Crippen molar-refractivity contribution in [1.82, 2.24) is 0 Å². The van der Waals surface area contributed by atoms with Gasteiger partial charge < -0.3 is 9.64 Å². The van der Waals surface area contributed by atoms with E-state index in [0.717, 1.165) is 41.3 Å². The Kier molecular flexibility index (Phi) is 6.28. The van der Waals surface area contributed by atoms with Gasteiger partial charge in [-0.2, -0.15) is 0 Å². The molecule has 23 heavy (non-hydrogen) atoms. The molecule has 0 saturated heterocycles. The number of fused-ring (bicyclic) bond motifs is 1. The third kappa shape index (κ3) is 3.78. The van der Waals surface area contributed by atoms with Gasteiger partial charge in [-0.25, -0.2) is 0 Å². The van der Waals surface area contributed by atoms with Crippen LogP contribution in [0.2, 0.25) is 0 Å². The maximum Gasteiger partial charge on any atom is 0.231 e. The first kappa shape index (κ1) is 17.6. The molecule has 124 valence electrons. The molecule has 0 aromatic heterocycles. The monoisotopic (exact) mass is 333 g/mol. The van der Waals surface area contributed by atoms with Gasteiger partial charge in [-0.15, -0.1) is 0 Å². The van der Waals surface area contributed by atoms with Crippen LogP contribution in [0.5, 0.6) is 5.75 Å². The number of nitrogens with zero attached hydrogens (tertiary/aromatic N) is 1. The van der Waals surface area contributed by atoms with Crippen molar-refractivity contribution in [3.05, 3.63) is 46.5 Å². The maximum absolute atomic E-state index is 12.6. The van der Waals surface area contributed by atoms with E-state index in [0.29, 0.717) is 13.0 Å². The first-order chi connectivity index (χ1) is 11.2. The smallest absolute Gasteiger partial charge is 0.231 e. The standard InChI is InChI=1S/C17H18ClNO2.C2H6/c1-21-15-8-4-6-12-9-10-19(17(12)15)16(20)11-13-5-2-3-7-14(13)18;1-2/h2,4-6,8H,3,7,9-11H2,1H3;1-2H3. The predicted molar refractivity (Wildman–Crippen MR) is 96.3 cm³/mol. The highest BCUT2D eigenvalue weighted by atomic mass is 35.5. The molecule has 0 atom stereocenters. The lowest BCUT2D eigenvalue weighted by Crippen LogP contribution is -2.29. The molecular formula is C19H24ClNO2. The maximum atomic E-state index is 12.6. The summed E-state index contributed by atoms with van der Waals surface area (Å²) < 4.78 is 5.40. The van der Waals surface area contributed by atoms with Gasteiger partial charge in [-0.1, -0.05) is 49.7 Å².